The topological polar surface area (TPSA) is 3.24 Å². The first-order valence-corrected chi connectivity index (χ1v) is 7.52. The summed E-state index contributed by atoms with van der Waals surface area (Å²) < 4.78 is 1.31. The Labute approximate surface area is 112 Å². The van der Waals surface area contributed by atoms with Crippen molar-refractivity contribution in [2.45, 2.75) is 17.8 Å². The molecular weight excluding hydrogens is 276 g/mol. The highest BCUT2D eigenvalue weighted by Crippen LogP contribution is 2.33. The Morgan fingerprint density at radius 3 is 2.35 bits per heavy atom. The van der Waals surface area contributed by atoms with E-state index in [0.29, 0.717) is 4.95 Å². The van der Waals surface area contributed by atoms with E-state index in [9.17, 15) is 0 Å². The molecule has 1 spiro atoms. The summed E-state index contributed by atoms with van der Waals surface area (Å²) >= 11 is 3.89. The third-order valence-electron chi connectivity index (χ3n) is 4.39. The van der Waals surface area contributed by atoms with Gasteiger partial charge in [0.2, 0.25) is 0 Å². The van der Waals surface area contributed by atoms with Gasteiger partial charge < -0.3 is 9.38 Å². The Kier molecular flexibility index (Phi) is 3.14. The van der Waals surface area contributed by atoms with Crippen LogP contribution in [0, 0.1) is 0 Å². The van der Waals surface area contributed by atoms with Crippen molar-refractivity contribution in [1.29, 1.82) is 0 Å². The highest BCUT2D eigenvalue weighted by Gasteiger charge is 2.42. The Morgan fingerprint density at radius 2 is 1.76 bits per heavy atom. The number of para-hydroxylation sites is 1. The van der Waals surface area contributed by atoms with E-state index in [1.165, 1.54) is 55.7 Å². The average molecular weight is 296 g/mol. The number of anilines is 1. The molecule has 2 saturated heterocycles. The summed E-state index contributed by atoms with van der Waals surface area (Å²) in [6, 6.07) is 10.8. The number of piperazine rings is 1. The molecule has 92 valence electrons. The first-order chi connectivity index (χ1) is 8.30. The summed E-state index contributed by atoms with van der Waals surface area (Å²) in [7, 11) is 0. The van der Waals surface area contributed by atoms with E-state index in [1.807, 2.05) is 0 Å². The second-order valence-electron chi connectivity index (χ2n) is 5.29. The molecule has 3 heteroatoms. The molecule has 2 aliphatic rings. The molecule has 0 saturated carbocycles. The number of benzene rings is 1. The number of halogens is 1. The van der Waals surface area contributed by atoms with Gasteiger partial charge in [-0.05, 0) is 28.1 Å². The fourth-order valence-corrected chi connectivity index (χ4v) is 4.19. The first-order valence-electron chi connectivity index (χ1n) is 6.60. The minimum atomic E-state index is 0.709. The zero-order chi connectivity index (χ0) is 11.7. The maximum atomic E-state index is 3.89. The summed E-state index contributed by atoms with van der Waals surface area (Å²) in [5.74, 6) is 0. The van der Waals surface area contributed by atoms with Crippen LogP contribution in [0.3, 0.4) is 0 Å². The Morgan fingerprint density at radius 1 is 1.06 bits per heavy atom. The molecule has 2 nitrogen and oxygen atoms in total. The van der Waals surface area contributed by atoms with E-state index in [0.717, 1.165) is 0 Å². The van der Waals surface area contributed by atoms with Gasteiger partial charge in [-0.3, -0.25) is 0 Å². The average Bonchev–Trinajstić information content (AvgIpc) is 2.73. The highest BCUT2D eigenvalue weighted by molar-refractivity contribution is 9.09. The van der Waals surface area contributed by atoms with Crippen LogP contribution in [0.15, 0.2) is 30.3 Å². The summed E-state index contributed by atoms with van der Waals surface area (Å²) in [5, 5.41) is 0. The molecule has 2 aliphatic heterocycles. The van der Waals surface area contributed by atoms with Crippen LogP contribution in [0.4, 0.5) is 5.69 Å². The van der Waals surface area contributed by atoms with Gasteiger partial charge in [-0.15, -0.1) is 0 Å². The van der Waals surface area contributed by atoms with E-state index in [2.05, 4.69) is 51.2 Å². The fourth-order valence-electron chi connectivity index (χ4n) is 3.25. The predicted octanol–water partition coefficient (Wildman–Crippen LogP) is 2.84. The van der Waals surface area contributed by atoms with E-state index in [1.54, 1.807) is 0 Å². The van der Waals surface area contributed by atoms with Crippen LogP contribution in [-0.4, -0.2) is 42.2 Å². The number of nitrogens with zero attached hydrogens (tertiary/aromatic N) is 2. The monoisotopic (exact) mass is 295 g/mol. The first kappa shape index (κ1) is 11.5. The second kappa shape index (κ2) is 4.62. The molecule has 2 fully saturated rings. The van der Waals surface area contributed by atoms with Crippen molar-refractivity contribution in [3.63, 3.8) is 0 Å². The SMILES string of the molecule is BrC1CCC[N+]12CCN(c1ccccc1)CC2. The summed E-state index contributed by atoms with van der Waals surface area (Å²) in [5.41, 5.74) is 1.38. The molecule has 1 aromatic carbocycles. The van der Waals surface area contributed by atoms with Gasteiger partial charge in [0.15, 0.2) is 0 Å². The lowest BCUT2D eigenvalue weighted by molar-refractivity contribution is -0.925. The quantitative estimate of drug-likeness (QED) is 0.437. The zero-order valence-corrected chi connectivity index (χ0v) is 11.8. The number of quaternary nitrogens is 1. The van der Waals surface area contributed by atoms with Crippen LogP contribution in [-0.2, 0) is 0 Å². The molecule has 1 unspecified atom stereocenters. The molecule has 0 aromatic heterocycles. The van der Waals surface area contributed by atoms with Crippen LogP contribution in [0.2, 0.25) is 0 Å². The van der Waals surface area contributed by atoms with Crippen molar-refractivity contribution in [2.75, 3.05) is 37.6 Å². The molecule has 2 heterocycles. The van der Waals surface area contributed by atoms with Gasteiger partial charge in [0, 0.05) is 18.5 Å². The van der Waals surface area contributed by atoms with Crippen molar-refractivity contribution in [3.8, 4) is 0 Å². The number of rotatable bonds is 1. The lowest BCUT2D eigenvalue weighted by Crippen LogP contribution is -2.60. The lowest BCUT2D eigenvalue weighted by atomic mass is 10.2. The van der Waals surface area contributed by atoms with Gasteiger partial charge in [-0.1, -0.05) is 18.2 Å². The van der Waals surface area contributed by atoms with E-state index < -0.39 is 0 Å². The lowest BCUT2D eigenvalue weighted by Gasteiger charge is -2.45. The predicted molar refractivity (Wildman–Crippen MR) is 75.5 cm³/mol. The molecule has 0 radical (unpaired) electrons. The maximum absolute atomic E-state index is 3.89. The standard InChI is InChI=1S/C14H20BrN2/c15-14-7-4-10-17(14)11-8-16(9-12-17)13-5-2-1-3-6-13/h1-3,5-6,14H,4,7-12H2/q+1. The fraction of sp³-hybridized carbons (Fsp3) is 0.571. The van der Waals surface area contributed by atoms with Gasteiger partial charge >= 0.3 is 0 Å². The largest absolute Gasteiger partial charge is 0.360 e. The van der Waals surface area contributed by atoms with Crippen molar-refractivity contribution < 1.29 is 4.48 Å². The van der Waals surface area contributed by atoms with Crippen molar-refractivity contribution in [2.24, 2.45) is 0 Å². The normalized spacial score (nSPS) is 27.6. The molecule has 1 atom stereocenters. The number of hydrogen-bond donors (Lipinski definition) is 0. The van der Waals surface area contributed by atoms with Crippen LogP contribution < -0.4 is 4.90 Å². The summed E-state index contributed by atoms with van der Waals surface area (Å²) in [6.45, 7) is 6.37. The van der Waals surface area contributed by atoms with Crippen LogP contribution in [0.25, 0.3) is 0 Å². The molecule has 3 rings (SSSR count). The number of hydrogen-bond acceptors (Lipinski definition) is 1. The van der Waals surface area contributed by atoms with Crippen LogP contribution in [0.5, 0.6) is 0 Å². The van der Waals surface area contributed by atoms with Crippen LogP contribution >= 0.6 is 15.9 Å². The molecule has 0 aliphatic carbocycles. The minimum absolute atomic E-state index is 0.709. The van der Waals surface area contributed by atoms with E-state index >= 15 is 0 Å². The Hall–Kier alpha value is -0.540. The third kappa shape index (κ3) is 2.11. The van der Waals surface area contributed by atoms with E-state index in [-0.39, 0.29) is 0 Å². The molecule has 0 amide bonds. The maximum Gasteiger partial charge on any atom is 0.144 e. The van der Waals surface area contributed by atoms with Gasteiger partial charge in [0.05, 0.1) is 32.7 Å². The summed E-state index contributed by atoms with van der Waals surface area (Å²) in [6.07, 6.45) is 2.74. The van der Waals surface area contributed by atoms with Gasteiger partial charge in [-0.2, -0.15) is 0 Å². The zero-order valence-electron chi connectivity index (χ0n) is 10.2. The van der Waals surface area contributed by atoms with Gasteiger partial charge in [-0.25, -0.2) is 0 Å². The molecule has 1 aromatic rings. The van der Waals surface area contributed by atoms with E-state index in [4.69, 9.17) is 0 Å². The second-order valence-corrected chi connectivity index (χ2v) is 6.35. The molecule has 17 heavy (non-hydrogen) atoms. The smallest absolute Gasteiger partial charge is 0.144 e. The van der Waals surface area contributed by atoms with Crippen molar-refractivity contribution >= 4 is 21.6 Å². The minimum Gasteiger partial charge on any atom is -0.360 e. The Balaban J connectivity index is 1.68. The van der Waals surface area contributed by atoms with Gasteiger partial charge in [0.25, 0.3) is 0 Å². The molecular formula is C14H20BrN2+. The Bertz CT molecular complexity index is 371. The number of alkyl halides is 1. The van der Waals surface area contributed by atoms with Crippen LogP contribution in [0.1, 0.15) is 12.8 Å². The van der Waals surface area contributed by atoms with Crippen molar-refractivity contribution in [3.05, 3.63) is 30.3 Å². The summed E-state index contributed by atoms with van der Waals surface area (Å²) in [4.78, 5) is 3.24. The molecule has 0 bridgehead atoms. The van der Waals surface area contributed by atoms with Crippen molar-refractivity contribution in [1.82, 2.24) is 0 Å². The third-order valence-corrected chi connectivity index (χ3v) is 5.72. The molecule has 0 N–H and O–H groups in total. The highest BCUT2D eigenvalue weighted by atomic mass is 79.9. The van der Waals surface area contributed by atoms with Gasteiger partial charge in [0.1, 0.15) is 4.95 Å².